The summed E-state index contributed by atoms with van der Waals surface area (Å²) in [5, 5.41) is 0. The minimum absolute atomic E-state index is 0.0407. The lowest BCUT2D eigenvalue weighted by molar-refractivity contribution is -0.181. The monoisotopic (exact) mass is 562 g/mol. The van der Waals surface area contributed by atoms with Gasteiger partial charge >= 0.3 is 11.9 Å². The molecule has 4 aliphatic carbocycles. The van der Waals surface area contributed by atoms with Crippen molar-refractivity contribution in [2.45, 2.75) is 117 Å². The Morgan fingerprint density at radius 3 is 2.46 bits per heavy atom. The van der Waals surface area contributed by atoms with Crippen LogP contribution in [0.15, 0.2) is 42.5 Å². The van der Waals surface area contributed by atoms with Gasteiger partial charge in [0.1, 0.15) is 12.2 Å². The maximum atomic E-state index is 13.6. The highest BCUT2D eigenvalue weighted by atomic mass is 16.5. The number of ether oxygens (including phenoxy) is 3. The molecule has 0 spiro atoms. The van der Waals surface area contributed by atoms with Crippen LogP contribution in [0, 0.1) is 46.3 Å². The van der Waals surface area contributed by atoms with Gasteiger partial charge in [-0.05, 0) is 118 Å². The van der Waals surface area contributed by atoms with Crippen molar-refractivity contribution < 1.29 is 23.8 Å². The van der Waals surface area contributed by atoms with Crippen molar-refractivity contribution in [3.63, 3.8) is 0 Å². The van der Waals surface area contributed by atoms with E-state index in [1.165, 1.54) is 25.3 Å². The maximum absolute atomic E-state index is 13.6. The zero-order valence-corrected chi connectivity index (χ0v) is 25.8. The molecule has 41 heavy (non-hydrogen) atoms. The van der Waals surface area contributed by atoms with Crippen LogP contribution in [0.3, 0.4) is 0 Å². The molecule has 4 saturated carbocycles. The van der Waals surface area contributed by atoms with Crippen LogP contribution in [0.25, 0.3) is 0 Å². The summed E-state index contributed by atoms with van der Waals surface area (Å²) in [6.45, 7) is 15.1. The fraction of sp³-hybridized carbons (Fsp3) is 0.722. The number of carbonyl (C=O) groups excluding carboxylic acids is 2. The van der Waals surface area contributed by atoms with Gasteiger partial charge in [0.05, 0.1) is 17.8 Å². The first kappa shape index (κ1) is 29.0. The van der Waals surface area contributed by atoms with Crippen LogP contribution < -0.4 is 0 Å². The van der Waals surface area contributed by atoms with Crippen LogP contribution in [0.4, 0.5) is 0 Å². The van der Waals surface area contributed by atoms with Crippen molar-refractivity contribution in [1.82, 2.24) is 0 Å². The zero-order valence-electron chi connectivity index (χ0n) is 25.8. The van der Waals surface area contributed by atoms with Crippen LogP contribution in [-0.4, -0.2) is 36.4 Å². The third-order valence-electron chi connectivity index (χ3n) is 12.7. The summed E-state index contributed by atoms with van der Waals surface area (Å²) >= 11 is 0. The van der Waals surface area contributed by atoms with E-state index in [1.54, 1.807) is 0 Å². The van der Waals surface area contributed by atoms with Crippen molar-refractivity contribution in [2.75, 3.05) is 0 Å². The number of fused-ring (bicyclic) bond motifs is 7. The summed E-state index contributed by atoms with van der Waals surface area (Å²) in [7, 11) is 0. The third kappa shape index (κ3) is 4.88. The van der Waals surface area contributed by atoms with Crippen LogP contribution in [0.2, 0.25) is 0 Å². The molecule has 1 aromatic carbocycles. The number of carbonyl (C=O) groups is 2. The van der Waals surface area contributed by atoms with E-state index in [2.05, 4.69) is 34.3 Å². The van der Waals surface area contributed by atoms with Gasteiger partial charge in [0.15, 0.2) is 0 Å². The number of hydrogen-bond acceptors (Lipinski definition) is 5. The molecular weight excluding hydrogens is 512 g/mol. The van der Waals surface area contributed by atoms with Crippen LogP contribution >= 0.6 is 0 Å². The Kier molecular flexibility index (Phi) is 7.66. The van der Waals surface area contributed by atoms with E-state index in [-0.39, 0.29) is 47.2 Å². The molecule has 5 fully saturated rings. The fourth-order valence-corrected chi connectivity index (χ4v) is 10.8. The highest BCUT2D eigenvalue weighted by Gasteiger charge is 2.69. The van der Waals surface area contributed by atoms with Crippen molar-refractivity contribution in [1.29, 1.82) is 0 Å². The molecule has 0 aromatic heterocycles. The average Bonchev–Trinajstić information content (AvgIpc) is 3.41. The Labute approximate surface area is 246 Å². The van der Waals surface area contributed by atoms with Crippen LogP contribution in [-0.2, 0) is 19.0 Å². The van der Waals surface area contributed by atoms with Gasteiger partial charge < -0.3 is 14.2 Å². The van der Waals surface area contributed by atoms with Crippen molar-refractivity contribution in [3.05, 3.63) is 48.0 Å². The molecule has 0 bridgehead atoms. The molecule has 6 rings (SSSR count). The molecule has 0 radical (unpaired) electrons. The molecule has 0 N–H and O–H groups in total. The Bertz CT molecular complexity index is 1160. The Morgan fingerprint density at radius 1 is 1.00 bits per heavy atom. The Morgan fingerprint density at radius 2 is 1.76 bits per heavy atom. The minimum atomic E-state index is -0.195. The molecule has 5 aliphatic rings. The van der Waals surface area contributed by atoms with Gasteiger partial charge in [-0.1, -0.05) is 44.5 Å². The lowest BCUT2D eigenvalue weighted by Gasteiger charge is -2.62. The quantitative estimate of drug-likeness (QED) is 0.262. The molecule has 1 heterocycles. The van der Waals surface area contributed by atoms with Crippen LogP contribution in [0.1, 0.15) is 103 Å². The van der Waals surface area contributed by atoms with E-state index >= 15 is 0 Å². The highest BCUT2D eigenvalue weighted by molar-refractivity contribution is 5.89. The maximum Gasteiger partial charge on any atom is 0.338 e. The van der Waals surface area contributed by atoms with Gasteiger partial charge in [-0.25, -0.2) is 4.79 Å². The van der Waals surface area contributed by atoms with E-state index < -0.39 is 0 Å². The standard InChI is InChI=1S/C36H50O5/c1-21(2)12-15-30-22(3)33-31(40-30)19-29-27-14-13-25-18-26(39-23(4)37)16-17-35(25,5)28(27)20-32(36(29,33)6)41-34(38)24-10-8-7-9-11-24/h7-11,22,25-33H,1,12-20H2,2-6H3/t22?,25?,26-,27?,28?,29?,30+,31?,32+,33?,35-,36+/m0/s1. The summed E-state index contributed by atoms with van der Waals surface area (Å²) in [6.07, 6.45) is 9.78. The Hall–Kier alpha value is -2.14. The average molecular weight is 563 g/mol. The summed E-state index contributed by atoms with van der Waals surface area (Å²) in [4.78, 5) is 25.4. The second kappa shape index (κ2) is 10.8. The largest absolute Gasteiger partial charge is 0.463 e. The third-order valence-corrected chi connectivity index (χ3v) is 12.7. The normalized spacial score (nSPS) is 44.6. The number of rotatable bonds is 6. The SMILES string of the molecule is C=C(C)CC[C@H]1OC2CC3C4CCC5C[C@@H](OC(C)=O)CC[C@]5(C)C4C[C@@H](OC(=O)c4ccccc4)[C@]3(C)C2C1C. The van der Waals surface area contributed by atoms with Crippen molar-refractivity contribution in [2.24, 2.45) is 46.3 Å². The molecule has 1 aliphatic heterocycles. The van der Waals surface area contributed by atoms with Gasteiger partial charge in [-0.3, -0.25) is 4.79 Å². The predicted molar refractivity (Wildman–Crippen MR) is 159 cm³/mol. The summed E-state index contributed by atoms with van der Waals surface area (Å²) in [6, 6.07) is 9.51. The first-order chi connectivity index (χ1) is 19.5. The summed E-state index contributed by atoms with van der Waals surface area (Å²) < 4.78 is 19.2. The van der Waals surface area contributed by atoms with Gasteiger partial charge in [0.25, 0.3) is 0 Å². The second-order valence-electron chi connectivity index (χ2n) is 14.9. The molecule has 5 nitrogen and oxygen atoms in total. The van der Waals surface area contributed by atoms with Crippen LogP contribution in [0.5, 0.6) is 0 Å². The molecule has 12 atom stereocenters. The second-order valence-corrected chi connectivity index (χ2v) is 14.9. The van der Waals surface area contributed by atoms with E-state index in [4.69, 9.17) is 14.2 Å². The van der Waals surface area contributed by atoms with Gasteiger partial charge in [0.2, 0.25) is 0 Å². The first-order valence-corrected chi connectivity index (χ1v) is 16.3. The highest BCUT2D eigenvalue weighted by Crippen LogP contribution is 2.70. The van der Waals surface area contributed by atoms with E-state index in [9.17, 15) is 9.59 Å². The molecule has 1 saturated heterocycles. The minimum Gasteiger partial charge on any atom is -0.463 e. The van der Waals surface area contributed by atoms with E-state index in [0.717, 1.165) is 44.9 Å². The summed E-state index contributed by atoms with van der Waals surface area (Å²) in [5.74, 6) is 2.60. The molecule has 7 unspecified atom stereocenters. The molecule has 1 aromatic rings. The van der Waals surface area contributed by atoms with Gasteiger partial charge in [-0.2, -0.15) is 0 Å². The topological polar surface area (TPSA) is 61.8 Å². The first-order valence-electron chi connectivity index (χ1n) is 16.3. The Balaban J connectivity index is 1.31. The predicted octanol–water partition coefficient (Wildman–Crippen LogP) is 7.78. The molecule has 0 amide bonds. The van der Waals surface area contributed by atoms with Crippen molar-refractivity contribution >= 4 is 11.9 Å². The smallest absolute Gasteiger partial charge is 0.338 e. The number of hydrogen-bond donors (Lipinski definition) is 0. The number of allylic oxidation sites excluding steroid dienone is 1. The van der Waals surface area contributed by atoms with Gasteiger partial charge in [-0.15, -0.1) is 6.58 Å². The molecular formula is C36H50O5. The lowest BCUT2D eigenvalue weighted by atomic mass is 9.43. The van der Waals surface area contributed by atoms with Gasteiger partial charge in [0, 0.05) is 12.3 Å². The van der Waals surface area contributed by atoms with E-state index in [0.29, 0.717) is 41.1 Å². The summed E-state index contributed by atoms with van der Waals surface area (Å²) in [5.41, 5.74) is 1.91. The van der Waals surface area contributed by atoms with E-state index in [1.807, 2.05) is 30.3 Å². The molecule has 224 valence electrons. The lowest BCUT2D eigenvalue weighted by Crippen LogP contribution is -2.60. The van der Waals surface area contributed by atoms with Crippen molar-refractivity contribution in [3.8, 4) is 0 Å². The molecule has 5 heteroatoms. The fourth-order valence-electron chi connectivity index (χ4n) is 10.8. The number of benzene rings is 1. The zero-order chi connectivity index (χ0) is 29.1. The number of esters is 2.